The minimum atomic E-state index is -4.63. The van der Waals surface area contributed by atoms with Crippen LogP contribution in [0.3, 0.4) is 0 Å². The van der Waals surface area contributed by atoms with Crippen LogP contribution < -0.4 is 9.86 Å². The number of aromatic amines is 1. The van der Waals surface area contributed by atoms with Crippen LogP contribution in [0.15, 0.2) is 70.0 Å². The molecule has 3 aromatic carbocycles. The first-order chi connectivity index (χ1) is 22.7. The number of fused-ring (bicyclic) bond motifs is 6. The molecule has 248 valence electrons. The Kier molecular flexibility index (Phi) is 7.30. The van der Waals surface area contributed by atoms with Gasteiger partial charge in [-0.3, -0.25) is 13.9 Å². The molecule has 0 atom stereocenters. The number of nitrogens with zero attached hydrogens (tertiary/aromatic N) is 4. The highest BCUT2D eigenvalue weighted by Gasteiger charge is 2.36. The van der Waals surface area contributed by atoms with Crippen molar-refractivity contribution in [3.05, 3.63) is 94.0 Å². The van der Waals surface area contributed by atoms with E-state index in [2.05, 4.69) is 9.97 Å². The molecular formula is C32H24F5N5O5S. The zero-order valence-corrected chi connectivity index (χ0v) is 25.8. The number of H-pyrrole nitrogens is 1. The van der Waals surface area contributed by atoms with Crippen molar-refractivity contribution in [1.29, 1.82) is 0 Å². The van der Waals surface area contributed by atoms with E-state index < -0.39 is 52.4 Å². The normalized spacial score (nSPS) is 13.8. The van der Waals surface area contributed by atoms with Crippen LogP contribution >= 0.6 is 0 Å². The highest BCUT2D eigenvalue weighted by atomic mass is 32.2. The maximum absolute atomic E-state index is 13.9. The van der Waals surface area contributed by atoms with Crippen molar-refractivity contribution in [3.8, 4) is 11.1 Å². The Bertz CT molecular complexity index is 2450. The summed E-state index contributed by atoms with van der Waals surface area (Å²) in [6.07, 6.45) is -2.82. The predicted molar refractivity (Wildman–Crippen MR) is 167 cm³/mol. The number of halogens is 5. The first kappa shape index (κ1) is 31.4. The molecule has 7 rings (SSSR count). The first-order valence-corrected chi connectivity index (χ1v) is 16.4. The number of carbonyl (C=O) groups excluding carboxylic acids is 1. The number of benzene rings is 3. The number of pyridine rings is 1. The summed E-state index contributed by atoms with van der Waals surface area (Å²) in [6, 6.07) is 12.8. The fraction of sp³-hybridized carbons (Fsp3) is 0.219. The molecule has 3 aromatic heterocycles. The van der Waals surface area contributed by atoms with E-state index in [1.165, 1.54) is 45.9 Å². The summed E-state index contributed by atoms with van der Waals surface area (Å²) in [6.45, 7) is -1.53. The summed E-state index contributed by atoms with van der Waals surface area (Å²) >= 11 is 0. The molecule has 0 radical (unpaired) electrons. The van der Waals surface area contributed by atoms with Gasteiger partial charge in [0.1, 0.15) is 29.5 Å². The van der Waals surface area contributed by atoms with E-state index in [1.807, 2.05) is 0 Å². The third-order valence-corrected chi connectivity index (χ3v) is 9.44. The molecule has 0 fully saturated rings. The summed E-state index contributed by atoms with van der Waals surface area (Å²) in [5.41, 5.74) is -0.512. The molecule has 16 heteroatoms. The fourth-order valence-electron chi connectivity index (χ4n) is 6.09. The van der Waals surface area contributed by atoms with Gasteiger partial charge in [0.05, 0.1) is 35.9 Å². The SMILES string of the molecule is CS(=O)(=O)N(CCF)c1cc2oc3c4ccc(F)cc4[nH]c(=O)c3c2cc1-c1cccc(C(=O)N2CCn3cc(C(F)(F)F)nc3C2)c1. The number of carbonyl (C=O) groups is 1. The number of alkyl halides is 4. The van der Waals surface area contributed by atoms with Gasteiger partial charge in [-0.2, -0.15) is 13.2 Å². The van der Waals surface area contributed by atoms with E-state index in [9.17, 15) is 40.0 Å². The Labute approximate surface area is 268 Å². The van der Waals surface area contributed by atoms with Gasteiger partial charge in [-0.25, -0.2) is 22.2 Å². The van der Waals surface area contributed by atoms with Crippen LogP contribution in [-0.2, 0) is 29.3 Å². The Morgan fingerprint density at radius 3 is 2.60 bits per heavy atom. The van der Waals surface area contributed by atoms with Crippen molar-refractivity contribution < 1.29 is 39.6 Å². The van der Waals surface area contributed by atoms with Crippen molar-refractivity contribution in [2.75, 3.05) is 30.3 Å². The Hall–Kier alpha value is -5.25. The average Bonchev–Trinajstić information content (AvgIpc) is 3.64. The molecule has 0 saturated heterocycles. The molecular weight excluding hydrogens is 661 g/mol. The zero-order chi connectivity index (χ0) is 34.1. The van der Waals surface area contributed by atoms with Crippen molar-refractivity contribution in [1.82, 2.24) is 19.4 Å². The lowest BCUT2D eigenvalue weighted by Crippen LogP contribution is -2.38. The first-order valence-electron chi connectivity index (χ1n) is 14.5. The Morgan fingerprint density at radius 1 is 1.08 bits per heavy atom. The highest BCUT2D eigenvalue weighted by Crippen LogP contribution is 2.41. The number of hydrogen-bond acceptors (Lipinski definition) is 6. The molecule has 0 saturated carbocycles. The zero-order valence-electron chi connectivity index (χ0n) is 24.9. The Balaban J connectivity index is 1.37. The van der Waals surface area contributed by atoms with Crippen LogP contribution in [-0.4, -0.2) is 59.8 Å². The highest BCUT2D eigenvalue weighted by molar-refractivity contribution is 7.92. The van der Waals surface area contributed by atoms with E-state index in [1.54, 1.807) is 12.1 Å². The molecule has 10 nitrogen and oxygen atoms in total. The van der Waals surface area contributed by atoms with E-state index in [0.717, 1.165) is 22.8 Å². The monoisotopic (exact) mass is 685 g/mol. The number of amides is 1. The van der Waals surface area contributed by atoms with Gasteiger partial charge in [0.25, 0.3) is 11.5 Å². The number of rotatable bonds is 6. The van der Waals surface area contributed by atoms with Crippen LogP contribution in [0, 0.1) is 5.82 Å². The van der Waals surface area contributed by atoms with Crippen molar-refractivity contribution in [2.45, 2.75) is 19.3 Å². The van der Waals surface area contributed by atoms with Gasteiger partial charge in [0.2, 0.25) is 10.0 Å². The van der Waals surface area contributed by atoms with Crippen molar-refractivity contribution in [2.24, 2.45) is 0 Å². The molecule has 1 N–H and O–H groups in total. The maximum atomic E-state index is 13.9. The smallest absolute Gasteiger partial charge is 0.434 e. The number of sulfonamides is 1. The third-order valence-electron chi connectivity index (χ3n) is 8.26. The van der Waals surface area contributed by atoms with Crippen LogP contribution in [0.1, 0.15) is 21.9 Å². The molecule has 0 bridgehead atoms. The second-order valence-electron chi connectivity index (χ2n) is 11.4. The summed E-state index contributed by atoms with van der Waals surface area (Å²) in [5.74, 6) is -1.01. The topological polar surface area (TPSA) is 122 Å². The van der Waals surface area contributed by atoms with E-state index in [0.29, 0.717) is 10.9 Å². The summed E-state index contributed by atoms with van der Waals surface area (Å²) < 4.78 is 101. The average molecular weight is 686 g/mol. The van der Waals surface area contributed by atoms with Crippen LogP contribution in [0.5, 0.6) is 0 Å². The molecule has 1 aliphatic rings. The number of nitrogens with one attached hydrogen (secondary N) is 1. The molecule has 48 heavy (non-hydrogen) atoms. The van der Waals surface area contributed by atoms with Gasteiger partial charge in [-0.1, -0.05) is 12.1 Å². The minimum Gasteiger partial charge on any atom is -0.455 e. The summed E-state index contributed by atoms with van der Waals surface area (Å²) in [7, 11) is -4.06. The number of aromatic nitrogens is 3. The number of furan rings is 1. The van der Waals surface area contributed by atoms with E-state index >= 15 is 0 Å². The van der Waals surface area contributed by atoms with Crippen LogP contribution in [0.4, 0.5) is 27.6 Å². The molecule has 1 amide bonds. The molecule has 4 heterocycles. The third kappa shape index (κ3) is 5.35. The van der Waals surface area contributed by atoms with Gasteiger partial charge in [-0.15, -0.1) is 0 Å². The minimum absolute atomic E-state index is 0.0118. The van der Waals surface area contributed by atoms with Gasteiger partial charge < -0.3 is 18.9 Å². The van der Waals surface area contributed by atoms with Gasteiger partial charge >= 0.3 is 6.18 Å². The van der Waals surface area contributed by atoms with Gasteiger partial charge in [-0.05, 0) is 42.0 Å². The summed E-state index contributed by atoms with van der Waals surface area (Å²) in [4.78, 5) is 34.6. The molecule has 0 aliphatic carbocycles. The van der Waals surface area contributed by atoms with Gasteiger partial charge in [0.15, 0.2) is 5.69 Å². The molecule has 0 spiro atoms. The van der Waals surface area contributed by atoms with Crippen molar-refractivity contribution in [3.63, 3.8) is 0 Å². The lowest BCUT2D eigenvalue weighted by Gasteiger charge is -2.28. The Morgan fingerprint density at radius 2 is 1.88 bits per heavy atom. The number of imidazole rings is 1. The fourth-order valence-corrected chi connectivity index (χ4v) is 7.00. The second-order valence-corrected chi connectivity index (χ2v) is 13.3. The quantitative estimate of drug-likeness (QED) is 0.220. The summed E-state index contributed by atoms with van der Waals surface area (Å²) in [5, 5.41) is 0.790. The molecule has 6 aromatic rings. The lowest BCUT2D eigenvalue weighted by molar-refractivity contribution is -0.141. The molecule has 1 aliphatic heterocycles. The van der Waals surface area contributed by atoms with Crippen LogP contribution in [0.25, 0.3) is 44.0 Å². The van der Waals surface area contributed by atoms with E-state index in [-0.39, 0.29) is 69.7 Å². The predicted octanol–water partition coefficient (Wildman–Crippen LogP) is 5.84. The number of hydrogen-bond donors (Lipinski definition) is 1. The maximum Gasteiger partial charge on any atom is 0.434 e. The van der Waals surface area contributed by atoms with Crippen molar-refractivity contribution >= 4 is 54.5 Å². The van der Waals surface area contributed by atoms with Gasteiger partial charge in [0, 0.05) is 47.3 Å². The second kappa shape index (κ2) is 11.2. The standard InChI is InChI=1S/C32H24F5N5O5S/c1-48(45,46)42(8-7-33)24-14-25-22(28-29(47-25)20-6-5-19(34)12-23(20)38-30(28)43)13-21(24)17-3-2-4-18(11-17)31(44)41-10-9-40-15-26(32(35,36)37)39-27(40)16-41/h2-6,11-15H,7-10,16H2,1H3,(H,38,43). The van der Waals surface area contributed by atoms with E-state index in [4.69, 9.17) is 4.42 Å². The molecule has 0 unspecified atom stereocenters. The number of anilines is 1. The lowest BCUT2D eigenvalue weighted by atomic mass is 9.98. The van der Waals surface area contributed by atoms with Crippen LogP contribution in [0.2, 0.25) is 0 Å². The largest absolute Gasteiger partial charge is 0.455 e.